The highest BCUT2D eigenvalue weighted by Crippen LogP contribution is 2.35. The van der Waals surface area contributed by atoms with Crippen LogP contribution in [0.4, 0.5) is 0 Å². The Bertz CT molecular complexity index is 627. The van der Waals surface area contributed by atoms with Crippen molar-refractivity contribution in [1.82, 2.24) is 0 Å². The van der Waals surface area contributed by atoms with Crippen molar-refractivity contribution in [3.05, 3.63) is 33.3 Å². The van der Waals surface area contributed by atoms with Gasteiger partial charge in [-0.1, -0.05) is 23.2 Å². The first-order valence-corrected chi connectivity index (χ1v) is 6.13. The molecule has 0 fully saturated rings. The number of primary amides is 2. The molecule has 1 rings (SSSR count). The van der Waals surface area contributed by atoms with Gasteiger partial charge in [0.05, 0.1) is 5.02 Å². The van der Waals surface area contributed by atoms with E-state index in [1.165, 1.54) is 12.1 Å². The van der Waals surface area contributed by atoms with Gasteiger partial charge in [0.1, 0.15) is 16.3 Å². The first kappa shape index (κ1) is 16.8. The van der Waals surface area contributed by atoms with E-state index in [1.807, 2.05) is 0 Å². The molecule has 2 amide bonds. The molecule has 0 aliphatic carbocycles. The molecule has 0 heterocycles. The van der Waals surface area contributed by atoms with E-state index in [2.05, 4.69) is 0 Å². The molecule has 0 atom stereocenters. The van der Waals surface area contributed by atoms with Crippen molar-refractivity contribution in [2.24, 2.45) is 11.5 Å². The summed E-state index contributed by atoms with van der Waals surface area (Å²) in [5.41, 5.74) is 9.77. The minimum atomic E-state index is -1.18. The van der Waals surface area contributed by atoms with Crippen molar-refractivity contribution < 1.29 is 24.2 Å². The molecule has 0 aromatic heterocycles. The molecule has 0 saturated heterocycles. The first-order chi connectivity index (χ1) is 9.73. The Labute approximate surface area is 129 Å². The van der Waals surface area contributed by atoms with Crippen molar-refractivity contribution in [3.63, 3.8) is 0 Å². The summed E-state index contributed by atoms with van der Waals surface area (Å²) in [5, 5.41) is 8.41. The van der Waals surface area contributed by atoms with Crippen molar-refractivity contribution in [2.75, 3.05) is 6.61 Å². The van der Waals surface area contributed by atoms with Crippen LogP contribution in [0.1, 0.15) is 5.56 Å². The quantitative estimate of drug-likeness (QED) is 0.402. The Balaban J connectivity index is 3.20. The second-order valence-electron chi connectivity index (χ2n) is 3.75. The summed E-state index contributed by atoms with van der Waals surface area (Å²) >= 11 is 11.9. The highest BCUT2D eigenvalue weighted by atomic mass is 35.5. The average Bonchev–Trinajstić information content (AvgIpc) is 2.38. The van der Waals surface area contributed by atoms with Gasteiger partial charge in [-0.25, -0.2) is 4.79 Å². The number of aliphatic carboxylic acids is 1. The predicted molar refractivity (Wildman–Crippen MR) is 76.0 cm³/mol. The lowest BCUT2D eigenvalue weighted by Gasteiger charge is -2.09. The number of carbonyl (C=O) groups excluding carboxylic acids is 2. The van der Waals surface area contributed by atoms with Crippen LogP contribution in [0.2, 0.25) is 10.0 Å². The van der Waals surface area contributed by atoms with Crippen LogP contribution in [-0.4, -0.2) is 29.5 Å². The number of nitrogens with two attached hydrogens (primary N) is 2. The van der Waals surface area contributed by atoms with E-state index in [4.69, 9.17) is 44.5 Å². The van der Waals surface area contributed by atoms with Crippen LogP contribution in [0.25, 0.3) is 6.08 Å². The number of hydrogen-bond donors (Lipinski definition) is 3. The van der Waals surface area contributed by atoms with Crippen LogP contribution in [0.3, 0.4) is 0 Å². The van der Waals surface area contributed by atoms with E-state index in [1.54, 1.807) is 0 Å². The van der Waals surface area contributed by atoms with Gasteiger partial charge in [0, 0.05) is 0 Å². The summed E-state index contributed by atoms with van der Waals surface area (Å²) in [5.74, 6) is -3.17. The molecule has 0 unspecified atom stereocenters. The van der Waals surface area contributed by atoms with Crippen LogP contribution in [-0.2, 0) is 14.4 Å². The largest absolute Gasteiger partial charge is 0.480 e. The number of rotatable bonds is 6. The first-order valence-electron chi connectivity index (χ1n) is 5.38. The number of carboxylic acid groups (broad SMARTS) is 1. The number of hydrogen-bond acceptors (Lipinski definition) is 4. The monoisotopic (exact) mass is 332 g/mol. The lowest BCUT2D eigenvalue weighted by atomic mass is 10.1. The molecule has 0 aliphatic rings. The van der Waals surface area contributed by atoms with E-state index in [9.17, 15) is 14.4 Å². The highest BCUT2D eigenvalue weighted by Gasteiger charge is 2.15. The Morgan fingerprint density at radius 2 is 1.71 bits per heavy atom. The summed E-state index contributed by atoms with van der Waals surface area (Å²) in [7, 11) is 0. The van der Waals surface area contributed by atoms with Gasteiger partial charge in [0.25, 0.3) is 11.8 Å². The summed E-state index contributed by atoms with van der Waals surface area (Å²) in [4.78, 5) is 32.6. The van der Waals surface area contributed by atoms with Crippen LogP contribution >= 0.6 is 23.2 Å². The highest BCUT2D eigenvalue weighted by molar-refractivity contribution is 6.44. The fraction of sp³-hybridized carbons (Fsp3) is 0.0833. The molecule has 0 radical (unpaired) electrons. The maximum atomic E-state index is 11.1. The second-order valence-corrected chi connectivity index (χ2v) is 4.51. The number of carboxylic acids is 1. The summed E-state index contributed by atoms with van der Waals surface area (Å²) in [6.45, 7) is -0.598. The Hall–Kier alpha value is -2.25. The fourth-order valence-electron chi connectivity index (χ4n) is 1.33. The molecule has 112 valence electrons. The lowest BCUT2D eigenvalue weighted by Crippen LogP contribution is -2.25. The third kappa shape index (κ3) is 4.37. The summed E-state index contributed by atoms with van der Waals surface area (Å²) in [6.07, 6.45) is 1.08. The van der Waals surface area contributed by atoms with Gasteiger partial charge in [0.15, 0.2) is 6.61 Å². The van der Waals surface area contributed by atoms with Crippen LogP contribution in [0.15, 0.2) is 17.7 Å². The minimum absolute atomic E-state index is 0.0421. The van der Waals surface area contributed by atoms with Crippen LogP contribution in [0, 0.1) is 0 Å². The van der Waals surface area contributed by atoms with E-state index in [-0.39, 0.29) is 21.4 Å². The third-order valence-electron chi connectivity index (χ3n) is 2.26. The van der Waals surface area contributed by atoms with Crippen molar-refractivity contribution in [2.45, 2.75) is 0 Å². The van der Waals surface area contributed by atoms with Gasteiger partial charge in [-0.05, 0) is 23.8 Å². The standard InChI is InChI=1S/C12H10Cl2N2O5/c13-9-5(3-6(11(15)19)12(16)20)1-2-7(10(9)14)21-4-8(17)18/h1-3H,4H2,(H2,15,19)(H2,16,20)(H,17,18). The van der Waals surface area contributed by atoms with E-state index < -0.39 is 30.0 Å². The normalized spacial score (nSPS) is 9.81. The molecule has 1 aromatic carbocycles. The predicted octanol–water partition coefficient (Wildman–Crippen LogP) is 0.811. The van der Waals surface area contributed by atoms with Crippen molar-refractivity contribution in [1.29, 1.82) is 0 Å². The topological polar surface area (TPSA) is 133 Å². The van der Waals surface area contributed by atoms with E-state index in [0.29, 0.717) is 0 Å². The number of carbonyl (C=O) groups is 3. The van der Waals surface area contributed by atoms with Gasteiger partial charge >= 0.3 is 5.97 Å². The molecular weight excluding hydrogens is 323 g/mol. The smallest absolute Gasteiger partial charge is 0.341 e. The third-order valence-corrected chi connectivity index (χ3v) is 3.14. The SMILES string of the molecule is NC(=O)C(=Cc1ccc(OCC(=O)O)c(Cl)c1Cl)C(N)=O. The Morgan fingerprint density at radius 1 is 1.14 bits per heavy atom. The molecular formula is C12H10Cl2N2O5. The van der Waals surface area contributed by atoms with E-state index >= 15 is 0 Å². The lowest BCUT2D eigenvalue weighted by molar-refractivity contribution is -0.139. The Morgan fingerprint density at radius 3 is 2.19 bits per heavy atom. The van der Waals surface area contributed by atoms with Crippen LogP contribution in [0.5, 0.6) is 5.75 Å². The molecule has 5 N–H and O–H groups in total. The number of benzene rings is 1. The Kier molecular flexibility index (Phi) is 5.57. The molecule has 0 aliphatic heterocycles. The average molecular weight is 333 g/mol. The fourth-order valence-corrected chi connectivity index (χ4v) is 1.77. The zero-order chi connectivity index (χ0) is 16.2. The molecule has 7 nitrogen and oxygen atoms in total. The zero-order valence-electron chi connectivity index (χ0n) is 10.4. The molecule has 9 heteroatoms. The van der Waals surface area contributed by atoms with Gasteiger partial charge < -0.3 is 21.3 Å². The van der Waals surface area contributed by atoms with E-state index in [0.717, 1.165) is 6.08 Å². The maximum Gasteiger partial charge on any atom is 0.341 e. The van der Waals surface area contributed by atoms with Gasteiger partial charge in [0.2, 0.25) is 0 Å². The van der Waals surface area contributed by atoms with Gasteiger partial charge in [-0.3, -0.25) is 9.59 Å². The van der Waals surface area contributed by atoms with Crippen molar-refractivity contribution >= 4 is 47.1 Å². The number of halogens is 2. The molecule has 0 spiro atoms. The van der Waals surface area contributed by atoms with Gasteiger partial charge in [-0.15, -0.1) is 0 Å². The second kappa shape index (κ2) is 6.96. The van der Waals surface area contributed by atoms with Crippen LogP contribution < -0.4 is 16.2 Å². The number of ether oxygens (including phenoxy) is 1. The minimum Gasteiger partial charge on any atom is -0.480 e. The summed E-state index contributed by atoms with van der Waals surface area (Å²) < 4.78 is 4.91. The maximum absolute atomic E-state index is 11.1. The van der Waals surface area contributed by atoms with Gasteiger partial charge in [-0.2, -0.15) is 0 Å². The molecule has 0 saturated carbocycles. The molecule has 21 heavy (non-hydrogen) atoms. The van der Waals surface area contributed by atoms with Crippen molar-refractivity contribution in [3.8, 4) is 5.75 Å². The zero-order valence-corrected chi connectivity index (χ0v) is 11.9. The molecule has 1 aromatic rings. The number of amides is 2. The summed E-state index contributed by atoms with van der Waals surface area (Å²) in [6, 6.07) is 2.71. The molecule has 0 bridgehead atoms.